The van der Waals surface area contributed by atoms with Crippen molar-refractivity contribution in [1.29, 1.82) is 0 Å². The number of fused-ring (bicyclic) bond motifs is 1. The van der Waals surface area contributed by atoms with Crippen LogP contribution in [0.2, 0.25) is 0 Å². The molecule has 0 radical (unpaired) electrons. The third kappa shape index (κ3) is 3.61. The quantitative estimate of drug-likeness (QED) is 0.840. The summed E-state index contributed by atoms with van der Waals surface area (Å²) in [4.78, 5) is 11.9. The van der Waals surface area contributed by atoms with Gasteiger partial charge in [0.25, 0.3) is 0 Å². The molecule has 0 amide bonds. The van der Waals surface area contributed by atoms with Gasteiger partial charge in [0.15, 0.2) is 0 Å². The molecule has 1 aromatic rings. The summed E-state index contributed by atoms with van der Waals surface area (Å²) in [6, 6.07) is 1.45. The molecule has 0 aromatic carbocycles. The summed E-state index contributed by atoms with van der Waals surface area (Å²) in [6.07, 6.45) is 7.99. The maximum atomic E-state index is 12.7. The van der Waals surface area contributed by atoms with E-state index in [0.717, 1.165) is 36.5 Å². The summed E-state index contributed by atoms with van der Waals surface area (Å²) in [5.74, 6) is 0.820. The number of methoxy groups -OCH3 is 1. The van der Waals surface area contributed by atoms with Crippen molar-refractivity contribution < 1.29 is 17.9 Å². The maximum absolute atomic E-state index is 12.7. The van der Waals surface area contributed by atoms with Crippen LogP contribution in [0.5, 0.6) is 0 Å². The summed E-state index contributed by atoms with van der Waals surface area (Å²) in [5, 5.41) is 1.61. The Labute approximate surface area is 141 Å². The Hall–Kier alpha value is -0.920. The Bertz CT molecular complexity index is 667. The van der Waals surface area contributed by atoms with Crippen LogP contribution < -0.4 is 4.72 Å². The first kappa shape index (κ1) is 16.9. The summed E-state index contributed by atoms with van der Waals surface area (Å²) in [7, 11) is -2.42. The SMILES string of the molecule is COC(=O)c1sccc1S(=O)(=O)N[C@@H]1CC[C@H]2CCCC[C@@H]2C1. The molecule has 2 aliphatic rings. The first-order chi connectivity index (χ1) is 11.0. The number of carbonyl (C=O) groups is 1. The lowest BCUT2D eigenvalue weighted by Crippen LogP contribution is -2.41. The van der Waals surface area contributed by atoms with E-state index in [1.54, 1.807) is 5.38 Å². The fourth-order valence-corrected chi connectivity index (χ4v) is 6.63. The van der Waals surface area contributed by atoms with Crippen molar-refractivity contribution >= 4 is 27.3 Å². The number of nitrogens with one attached hydrogen (secondary N) is 1. The van der Waals surface area contributed by atoms with Gasteiger partial charge in [0.2, 0.25) is 10.0 Å². The van der Waals surface area contributed by atoms with E-state index in [1.807, 2.05) is 0 Å². The van der Waals surface area contributed by atoms with Gasteiger partial charge in [-0.2, -0.15) is 0 Å². The predicted molar refractivity (Wildman–Crippen MR) is 89.1 cm³/mol. The minimum atomic E-state index is -3.68. The van der Waals surface area contributed by atoms with E-state index in [4.69, 9.17) is 0 Å². The molecule has 0 saturated heterocycles. The third-order valence-electron chi connectivity index (χ3n) is 5.15. The van der Waals surface area contributed by atoms with Crippen LogP contribution in [0.3, 0.4) is 0 Å². The van der Waals surface area contributed by atoms with Crippen molar-refractivity contribution in [1.82, 2.24) is 4.72 Å². The largest absolute Gasteiger partial charge is 0.465 e. The predicted octanol–water partition coefficient (Wildman–Crippen LogP) is 3.17. The molecule has 1 aromatic heterocycles. The van der Waals surface area contributed by atoms with Crippen molar-refractivity contribution in [2.24, 2.45) is 11.8 Å². The lowest BCUT2D eigenvalue weighted by molar-refractivity contribution is 0.0602. The molecule has 1 N–H and O–H groups in total. The van der Waals surface area contributed by atoms with Crippen LogP contribution in [0.4, 0.5) is 0 Å². The smallest absolute Gasteiger partial charge is 0.349 e. The lowest BCUT2D eigenvalue weighted by Gasteiger charge is -2.39. The molecule has 2 fully saturated rings. The van der Waals surface area contributed by atoms with Crippen molar-refractivity contribution in [2.45, 2.75) is 55.9 Å². The molecule has 0 bridgehead atoms. The zero-order valence-corrected chi connectivity index (χ0v) is 14.9. The average Bonchev–Trinajstić information content (AvgIpc) is 3.04. The Morgan fingerprint density at radius 3 is 2.70 bits per heavy atom. The van der Waals surface area contributed by atoms with E-state index < -0.39 is 16.0 Å². The van der Waals surface area contributed by atoms with Crippen molar-refractivity contribution in [3.05, 3.63) is 16.3 Å². The lowest BCUT2D eigenvalue weighted by atomic mass is 9.70. The van der Waals surface area contributed by atoms with E-state index in [-0.39, 0.29) is 15.8 Å². The number of hydrogen-bond acceptors (Lipinski definition) is 5. The van der Waals surface area contributed by atoms with Crippen LogP contribution in [0.25, 0.3) is 0 Å². The molecule has 0 unspecified atom stereocenters. The second-order valence-electron chi connectivity index (χ2n) is 6.54. The van der Waals surface area contributed by atoms with Gasteiger partial charge in [-0.1, -0.05) is 25.7 Å². The Morgan fingerprint density at radius 2 is 1.96 bits per heavy atom. The Kier molecular flexibility index (Phi) is 5.08. The van der Waals surface area contributed by atoms with Gasteiger partial charge in [-0.25, -0.2) is 17.9 Å². The maximum Gasteiger partial charge on any atom is 0.349 e. The van der Waals surface area contributed by atoms with E-state index in [1.165, 1.54) is 38.9 Å². The molecule has 2 aliphatic carbocycles. The van der Waals surface area contributed by atoms with Gasteiger partial charge in [0.1, 0.15) is 9.77 Å². The molecule has 23 heavy (non-hydrogen) atoms. The molecule has 2 saturated carbocycles. The highest BCUT2D eigenvalue weighted by atomic mass is 32.2. The van der Waals surface area contributed by atoms with Gasteiger partial charge in [0, 0.05) is 6.04 Å². The van der Waals surface area contributed by atoms with Gasteiger partial charge in [-0.3, -0.25) is 0 Å². The Balaban J connectivity index is 1.72. The summed E-state index contributed by atoms with van der Waals surface area (Å²) in [6.45, 7) is 0. The number of ether oxygens (including phenoxy) is 1. The minimum absolute atomic E-state index is 0.0234. The Morgan fingerprint density at radius 1 is 1.22 bits per heavy atom. The topological polar surface area (TPSA) is 72.5 Å². The molecule has 7 heteroatoms. The van der Waals surface area contributed by atoms with E-state index in [0.29, 0.717) is 5.92 Å². The second kappa shape index (κ2) is 6.91. The zero-order chi connectivity index (χ0) is 16.4. The van der Waals surface area contributed by atoms with Crippen LogP contribution in [0.1, 0.15) is 54.6 Å². The van der Waals surface area contributed by atoms with Crippen LogP contribution in [0.15, 0.2) is 16.3 Å². The van der Waals surface area contributed by atoms with Crippen LogP contribution in [-0.2, 0) is 14.8 Å². The van der Waals surface area contributed by atoms with E-state index in [2.05, 4.69) is 9.46 Å². The summed E-state index contributed by atoms with van der Waals surface area (Å²) >= 11 is 1.10. The molecule has 0 aliphatic heterocycles. The molecule has 5 nitrogen and oxygen atoms in total. The van der Waals surface area contributed by atoms with Gasteiger partial charge >= 0.3 is 5.97 Å². The average molecular weight is 357 g/mol. The highest BCUT2D eigenvalue weighted by Crippen LogP contribution is 2.40. The number of rotatable bonds is 4. The second-order valence-corrected chi connectivity index (χ2v) is 9.14. The number of sulfonamides is 1. The van der Waals surface area contributed by atoms with Crippen molar-refractivity contribution in [3.8, 4) is 0 Å². The van der Waals surface area contributed by atoms with Crippen LogP contribution in [-0.4, -0.2) is 27.5 Å². The normalized spacial score (nSPS) is 28.1. The molecule has 0 spiro atoms. The van der Waals surface area contributed by atoms with Gasteiger partial charge in [0.05, 0.1) is 7.11 Å². The molecular weight excluding hydrogens is 334 g/mol. The number of carbonyl (C=O) groups excluding carboxylic acids is 1. The zero-order valence-electron chi connectivity index (χ0n) is 13.3. The standard InChI is InChI=1S/C16H23NO4S2/c1-21-16(18)15-14(8-9-22-15)23(19,20)17-13-7-6-11-4-2-3-5-12(11)10-13/h8-9,11-13,17H,2-7,10H2,1H3/t11-,12-,13-/m1/s1. The van der Waals surface area contributed by atoms with Crippen LogP contribution in [0, 0.1) is 11.8 Å². The van der Waals surface area contributed by atoms with Crippen molar-refractivity contribution in [3.63, 3.8) is 0 Å². The van der Waals surface area contributed by atoms with Crippen LogP contribution >= 0.6 is 11.3 Å². The number of esters is 1. The number of hydrogen-bond donors (Lipinski definition) is 1. The van der Waals surface area contributed by atoms with Gasteiger partial charge < -0.3 is 4.74 Å². The van der Waals surface area contributed by atoms with E-state index >= 15 is 0 Å². The first-order valence-electron chi connectivity index (χ1n) is 8.19. The molecule has 128 valence electrons. The molecule has 3 rings (SSSR count). The summed E-state index contributed by atoms with van der Waals surface area (Å²) in [5.41, 5.74) is 0. The van der Waals surface area contributed by atoms with Crippen molar-refractivity contribution in [2.75, 3.05) is 7.11 Å². The monoisotopic (exact) mass is 357 g/mol. The first-order valence-corrected chi connectivity index (χ1v) is 10.6. The highest BCUT2D eigenvalue weighted by Gasteiger charge is 2.35. The fourth-order valence-electron chi connectivity index (χ4n) is 4.01. The minimum Gasteiger partial charge on any atom is -0.465 e. The highest BCUT2D eigenvalue weighted by molar-refractivity contribution is 7.89. The number of thiophene rings is 1. The molecule has 3 atom stereocenters. The van der Waals surface area contributed by atoms with E-state index in [9.17, 15) is 13.2 Å². The molecular formula is C16H23NO4S2. The summed E-state index contributed by atoms with van der Waals surface area (Å²) < 4.78 is 32.8. The molecule has 1 heterocycles. The fraction of sp³-hybridized carbons (Fsp3) is 0.688. The van der Waals surface area contributed by atoms with Gasteiger partial charge in [-0.05, 0) is 42.5 Å². The van der Waals surface area contributed by atoms with Gasteiger partial charge in [-0.15, -0.1) is 11.3 Å². The third-order valence-corrected chi connectivity index (χ3v) is 7.74.